The Morgan fingerprint density at radius 2 is 1.94 bits per heavy atom. The molecule has 1 heterocycles. The highest BCUT2D eigenvalue weighted by Crippen LogP contribution is 2.24. The van der Waals surface area contributed by atoms with E-state index in [-0.39, 0.29) is 18.8 Å². The number of aliphatic hydroxyl groups is 2. The second-order valence-electron chi connectivity index (χ2n) is 5.25. The first-order chi connectivity index (χ1) is 7.62. The van der Waals surface area contributed by atoms with Gasteiger partial charge in [0.25, 0.3) is 0 Å². The Bertz CT molecular complexity index is 194. The zero-order valence-corrected chi connectivity index (χ0v) is 10.9. The van der Waals surface area contributed by atoms with Crippen LogP contribution in [-0.2, 0) is 0 Å². The van der Waals surface area contributed by atoms with Crippen LogP contribution in [0.15, 0.2) is 0 Å². The molecule has 3 heteroatoms. The normalized spacial score (nSPS) is 32.2. The van der Waals surface area contributed by atoms with Crippen LogP contribution in [0.4, 0.5) is 0 Å². The predicted molar refractivity (Wildman–Crippen MR) is 66.3 cm³/mol. The van der Waals surface area contributed by atoms with Gasteiger partial charge in [-0.15, -0.1) is 0 Å². The van der Waals surface area contributed by atoms with E-state index in [1.54, 1.807) is 0 Å². The second kappa shape index (κ2) is 6.58. The summed E-state index contributed by atoms with van der Waals surface area (Å²) in [6.07, 6.45) is 2.87. The lowest BCUT2D eigenvalue weighted by Crippen LogP contribution is -2.51. The summed E-state index contributed by atoms with van der Waals surface area (Å²) >= 11 is 0. The van der Waals surface area contributed by atoms with Crippen molar-refractivity contribution < 1.29 is 10.2 Å². The van der Waals surface area contributed by atoms with Gasteiger partial charge in [0.15, 0.2) is 0 Å². The first-order valence-corrected chi connectivity index (χ1v) is 6.65. The first kappa shape index (κ1) is 13.9. The number of hydrogen-bond acceptors (Lipinski definition) is 3. The Hall–Kier alpha value is -0.120. The van der Waals surface area contributed by atoms with E-state index in [4.69, 9.17) is 0 Å². The number of piperidine rings is 1. The molecule has 2 unspecified atom stereocenters. The van der Waals surface area contributed by atoms with Crippen molar-refractivity contribution in [2.75, 3.05) is 19.7 Å². The van der Waals surface area contributed by atoms with Gasteiger partial charge in [-0.25, -0.2) is 0 Å². The van der Waals surface area contributed by atoms with Crippen molar-refractivity contribution in [1.82, 2.24) is 4.90 Å². The molecule has 0 aromatic heterocycles. The highest BCUT2D eigenvalue weighted by Gasteiger charge is 2.32. The van der Waals surface area contributed by atoms with E-state index < -0.39 is 0 Å². The van der Waals surface area contributed by atoms with E-state index in [0.29, 0.717) is 5.92 Å². The summed E-state index contributed by atoms with van der Waals surface area (Å²) in [7, 11) is 0. The minimum absolute atomic E-state index is 0.159. The van der Waals surface area contributed by atoms with Crippen LogP contribution in [0, 0.1) is 11.8 Å². The zero-order chi connectivity index (χ0) is 12.1. The van der Waals surface area contributed by atoms with E-state index in [1.807, 2.05) is 0 Å². The molecular formula is C13H27NO2. The summed E-state index contributed by atoms with van der Waals surface area (Å²) < 4.78 is 0. The molecule has 3 atom stereocenters. The Morgan fingerprint density at radius 1 is 1.31 bits per heavy atom. The molecule has 0 aromatic rings. The molecule has 0 spiro atoms. The van der Waals surface area contributed by atoms with Crippen LogP contribution in [0.3, 0.4) is 0 Å². The molecule has 0 amide bonds. The lowest BCUT2D eigenvalue weighted by atomic mass is 9.90. The molecule has 1 fully saturated rings. The largest absolute Gasteiger partial charge is 0.395 e. The van der Waals surface area contributed by atoms with Crippen LogP contribution in [-0.4, -0.2) is 47.0 Å². The van der Waals surface area contributed by atoms with Gasteiger partial charge in [-0.3, -0.25) is 4.90 Å². The summed E-state index contributed by atoms with van der Waals surface area (Å²) in [5, 5.41) is 19.2. The van der Waals surface area contributed by atoms with Gasteiger partial charge in [0, 0.05) is 19.1 Å². The lowest BCUT2D eigenvalue weighted by molar-refractivity contribution is -0.0243. The molecular weight excluding hydrogens is 202 g/mol. The molecule has 2 N–H and O–H groups in total. The SMILES string of the molecule is CCC(CC)CN1C[C@H](C)C(O)CC1CO. The molecule has 1 aliphatic rings. The Labute approximate surface area is 99.5 Å². The molecule has 1 aliphatic heterocycles. The van der Waals surface area contributed by atoms with E-state index >= 15 is 0 Å². The molecule has 16 heavy (non-hydrogen) atoms. The Kier molecular flexibility index (Phi) is 5.73. The lowest BCUT2D eigenvalue weighted by Gasteiger charge is -2.41. The Morgan fingerprint density at radius 3 is 2.44 bits per heavy atom. The molecule has 0 radical (unpaired) electrons. The summed E-state index contributed by atoms with van der Waals surface area (Å²) in [5.41, 5.74) is 0. The van der Waals surface area contributed by atoms with Crippen LogP contribution in [0.1, 0.15) is 40.0 Å². The summed E-state index contributed by atoms with van der Waals surface area (Å²) in [5.74, 6) is 1.05. The number of likely N-dealkylation sites (tertiary alicyclic amines) is 1. The fraction of sp³-hybridized carbons (Fsp3) is 1.00. The van der Waals surface area contributed by atoms with Crippen molar-refractivity contribution in [3.8, 4) is 0 Å². The van der Waals surface area contributed by atoms with Gasteiger partial charge >= 0.3 is 0 Å². The van der Waals surface area contributed by atoms with Gasteiger partial charge in [0.05, 0.1) is 12.7 Å². The maximum Gasteiger partial charge on any atom is 0.0593 e. The topological polar surface area (TPSA) is 43.7 Å². The first-order valence-electron chi connectivity index (χ1n) is 6.65. The summed E-state index contributed by atoms with van der Waals surface area (Å²) in [4.78, 5) is 2.37. The van der Waals surface area contributed by atoms with Crippen molar-refractivity contribution >= 4 is 0 Å². The molecule has 3 nitrogen and oxygen atoms in total. The third-order valence-corrected chi connectivity index (χ3v) is 4.07. The standard InChI is InChI=1S/C13H27NO2/c1-4-11(5-2)8-14-7-10(3)13(16)6-12(14)9-15/h10-13,15-16H,4-9H2,1-3H3/t10-,12?,13?/m0/s1. The van der Waals surface area contributed by atoms with Gasteiger partial charge in [-0.05, 0) is 18.3 Å². The van der Waals surface area contributed by atoms with Crippen molar-refractivity contribution in [3.05, 3.63) is 0 Å². The zero-order valence-electron chi connectivity index (χ0n) is 10.9. The van der Waals surface area contributed by atoms with Crippen molar-refractivity contribution in [1.29, 1.82) is 0 Å². The summed E-state index contributed by atoms with van der Waals surface area (Å²) in [6, 6.07) is 0.159. The minimum Gasteiger partial charge on any atom is -0.395 e. The maximum atomic E-state index is 9.81. The number of nitrogens with zero attached hydrogens (tertiary/aromatic N) is 1. The van der Waals surface area contributed by atoms with Crippen molar-refractivity contribution in [3.63, 3.8) is 0 Å². The van der Waals surface area contributed by atoms with E-state index in [2.05, 4.69) is 25.7 Å². The van der Waals surface area contributed by atoms with E-state index in [0.717, 1.165) is 25.4 Å². The van der Waals surface area contributed by atoms with Gasteiger partial charge in [0.2, 0.25) is 0 Å². The average molecular weight is 229 g/mol. The third kappa shape index (κ3) is 3.44. The van der Waals surface area contributed by atoms with E-state index in [1.165, 1.54) is 12.8 Å². The van der Waals surface area contributed by atoms with Gasteiger partial charge in [-0.2, -0.15) is 0 Å². The Balaban J connectivity index is 2.55. The highest BCUT2D eigenvalue weighted by molar-refractivity contribution is 4.85. The molecule has 0 aromatic carbocycles. The fourth-order valence-corrected chi connectivity index (χ4v) is 2.59. The number of aliphatic hydroxyl groups excluding tert-OH is 2. The fourth-order valence-electron chi connectivity index (χ4n) is 2.59. The van der Waals surface area contributed by atoms with Gasteiger partial charge < -0.3 is 10.2 Å². The molecule has 1 rings (SSSR count). The van der Waals surface area contributed by atoms with Gasteiger partial charge in [0.1, 0.15) is 0 Å². The molecule has 1 saturated heterocycles. The molecule has 96 valence electrons. The number of hydrogen-bond donors (Lipinski definition) is 2. The average Bonchev–Trinajstić information content (AvgIpc) is 2.29. The smallest absolute Gasteiger partial charge is 0.0593 e. The molecule has 0 bridgehead atoms. The summed E-state index contributed by atoms with van der Waals surface area (Å²) in [6.45, 7) is 8.70. The monoisotopic (exact) mass is 229 g/mol. The van der Waals surface area contributed by atoms with Crippen LogP contribution in [0.5, 0.6) is 0 Å². The quantitative estimate of drug-likeness (QED) is 0.750. The highest BCUT2D eigenvalue weighted by atomic mass is 16.3. The number of rotatable bonds is 5. The van der Waals surface area contributed by atoms with Crippen LogP contribution in [0.25, 0.3) is 0 Å². The van der Waals surface area contributed by atoms with Crippen molar-refractivity contribution in [2.24, 2.45) is 11.8 Å². The third-order valence-electron chi connectivity index (χ3n) is 4.07. The van der Waals surface area contributed by atoms with E-state index in [9.17, 15) is 10.2 Å². The second-order valence-corrected chi connectivity index (χ2v) is 5.25. The van der Waals surface area contributed by atoms with Crippen LogP contribution < -0.4 is 0 Å². The van der Waals surface area contributed by atoms with Crippen LogP contribution in [0.2, 0.25) is 0 Å². The molecule has 0 aliphatic carbocycles. The van der Waals surface area contributed by atoms with Crippen LogP contribution >= 0.6 is 0 Å². The predicted octanol–water partition coefficient (Wildman–Crippen LogP) is 1.49. The molecule has 0 saturated carbocycles. The van der Waals surface area contributed by atoms with Crippen molar-refractivity contribution in [2.45, 2.75) is 52.2 Å². The maximum absolute atomic E-state index is 9.81. The minimum atomic E-state index is -0.241. The van der Waals surface area contributed by atoms with Gasteiger partial charge in [-0.1, -0.05) is 33.6 Å².